The molecule has 6 nitrogen and oxygen atoms in total. The molecule has 1 aromatic carbocycles. The van der Waals surface area contributed by atoms with Crippen LogP contribution in [0.15, 0.2) is 12.1 Å². The second-order valence-corrected chi connectivity index (χ2v) is 4.93. The van der Waals surface area contributed by atoms with Crippen molar-refractivity contribution < 1.29 is 24.1 Å². The van der Waals surface area contributed by atoms with Crippen molar-refractivity contribution in [2.75, 3.05) is 13.9 Å². The van der Waals surface area contributed by atoms with E-state index in [0.717, 1.165) is 18.4 Å². The lowest BCUT2D eigenvalue weighted by molar-refractivity contribution is -0.139. The van der Waals surface area contributed by atoms with Crippen LogP contribution in [0.3, 0.4) is 0 Å². The van der Waals surface area contributed by atoms with Gasteiger partial charge in [0.05, 0.1) is 7.11 Å². The van der Waals surface area contributed by atoms with Crippen molar-refractivity contribution in [3.63, 3.8) is 0 Å². The summed E-state index contributed by atoms with van der Waals surface area (Å²) in [5, 5.41) is 12.3. The number of carboxylic acids is 1. The highest BCUT2D eigenvalue weighted by Gasteiger charge is 2.20. The van der Waals surface area contributed by atoms with Gasteiger partial charge in [0, 0.05) is 18.2 Å². The van der Waals surface area contributed by atoms with Crippen molar-refractivity contribution in [2.24, 2.45) is 0 Å². The van der Waals surface area contributed by atoms with Crippen LogP contribution in [0.25, 0.3) is 0 Å². The Morgan fingerprint density at radius 2 is 2.14 bits per heavy atom. The molecule has 0 spiro atoms. The highest BCUT2D eigenvalue weighted by molar-refractivity contribution is 5.73. The SMILES string of the molecule is CCCC[C@H](NCc1cc2c(cc1OC)OCO2)C(=O)O. The molecule has 0 fully saturated rings. The molecule has 2 N–H and O–H groups in total. The number of hydrogen-bond acceptors (Lipinski definition) is 5. The number of fused-ring (bicyclic) bond motifs is 1. The minimum absolute atomic E-state index is 0.198. The molecular formula is C15H21NO5. The Balaban J connectivity index is 2.06. The average Bonchev–Trinajstić information content (AvgIpc) is 2.93. The van der Waals surface area contributed by atoms with Crippen LogP contribution in [0.1, 0.15) is 31.7 Å². The van der Waals surface area contributed by atoms with Gasteiger partial charge in [-0.3, -0.25) is 4.79 Å². The predicted octanol–water partition coefficient (Wildman–Crippen LogP) is 2.16. The molecule has 0 saturated heterocycles. The summed E-state index contributed by atoms with van der Waals surface area (Å²) in [6.45, 7) is 2.64. The number of hydrogen-bond donors (Lipinski definition) is 2. The number of nitrogens with one attached hydrogen (secondary N) is 1. The van der Waals surface area contributed by atoms with E-state index in [1.54, 1.807) is 13.2 Å². The van der Waals surface area contributed by atoms with Crippen LogP contribution in [0.4, 0.5) is 0 Å². The van der Waals surface area contributed by atoms with E-state index in [1.807, 2.05) is 13.0 Å². The van der Waals surface area contributed by atoms with Gasteiger partial charge >= 0.3 is 5.97 Å². The molecule has 0 radical (unpaired) electrons. The fourth-order valence-electron chi connectivity index (χ4n) is 2.25. The summed E-state index contributed by atoms with van der Waals surface area (Å²) in [5.74, 6) is 1.14. The maximum atomic E-state index is 11.2. The van der Waals surface area contributed by atoms with Gasteiger partial charge in [-0.2, -0.15) is 0 Å². The Bertz CT molecular complexity index is 503. The lowest BCUT2D eigenvalue weighted by Gasteiger charge is -2.16. The van der Waals surface area contributed by atoms with Crippen LogP contribution in [-0.4, -0.2) is 31.0 Å². The summed E-state index contributed by atoms with van der Waals surface area (Å²) in [5.41, 5.74) is 0.851. The third kappa shape index (κ3) is 3.78. The van der Waals surface area contributed by atoms with Crippen LogP contribution in [0.2, 0.25) is 0 Å². The molecule has 1 aliphatic rings. The summed E-state index contributed by atoms with van der Waals surface area (Å²) < 4.78 is 16.0. The molecule has 1 atom stereocenters. The standard InChI is InChI=1S/C15H21NO5/c1-3-4-5-11(15(17)18)16-8-10-6-13-14(21-9-20-13)7-12(10)19-2/h6-7,11,16H,3-5,8-9H2,1-2H3,(H,17,18)/t11-/m0/s1. The summed E-state index contributed by atoms with van der Waals surface area (Å²) in [6, 6.07) is 3.04. The summed E-state index contributed by atoms with van der Waals surface area (Å²) in [6.07, 6.45) is 2.46. The largest absolute Gasteiger partial charge is 0.496 e. The Morgan fingerprint density at radius 1 is 1.43 bits per heavy atom. The van der Waals surface area contributed by atoms with Gasteiger partial charge in [0.15, 0.2) is 11.5 Å². The maximum absolute atomic E-state index is 11.2. The second-order valence-electron chi connectivity index (χ2n) is 4.93. The number of rotatable bonds is 8. The summed E-state index contributed by atoms with van der Waals surface area (Å²) in [4.78, 5) is 11.2. The lowest BCUT2D eigenvalue weighted by Crippen LogP contribution is -2.36. The molecule has 21 heavy (non-hydrogen) atoms. The van der Waals surface area contributed by atoms with E-state index >= 15 is 0 Å². The van der Waals surface area contributed by atoms with Gasteiger partial charge in [-0.05, 0) is 12.5 Å². The van der Waals surface area contributed by atoms with Gasteiger partial charge in [-0.25, -0.2) is 0 Å². The fourth-order valence-corrected chi connectivity index (χ4v) is 2.25. The number of benzene rings is 1. The Labute approximate surface area is 124 Å². The fraction of sp³-hybridized carbons (Fsp3) is 0.533. The van der Waals surface area contributed by atoms with Crippen LogP contribution in [0.5, 0.6) is 17.2 Å². The van der Waals surface area contributed by atoms with Gasteiger partial charge in [-0.1, -0.05) is 19.8 Å². The van der Waals surface area contributed by atoms with E-state index in [4.69, 9.17) is 14.2 Å². The quantitative estimate of drug-likeness (QED) is 0.765. The van der Waals surface area contributed by atoms with E-state index in [0.29, 0.717) is 30.2 Å². The summed E-state index contributed by atoms with van der Waals surface area (Å²) in [7, 11) is 1.58. The third-order valence-corrected chi connectivity index (χ3v) is 3.46. The first kappa shape index (κ1) is 15.4. The molecule has 0 unspecified atom stereocenters. The first-order valence-corrected chi connectivity index (χ1v) is 7.08. The minimum Gasteiger partial charge on any atom is -0.496 e. The number of aliphatic carboxylic acids is 1. The zero-order chi connectivity index (χ0) is 15.2. The van der Waals surface area contributed by atoms with E-state index in [1.165, 1.54) is 0 Å². The molecular weight excluding hydrogens is 274 g/mol. The smallest absolute Gasteiger partial charge is 0.320 e. The molecule has 2 rings (SSSR count). The van der Waals surface area contributed by atoms with Crippen LogP contribution in [0, 0.1) is 0 Å². The maximum Gasteiger partial charge on any atom is 0.320 e. The van der Waals surface area contributed by atoms with Crippen LogP contribution < -0.4 is 19.5 Å². The molecule has 0 aromatic heterocycles. The lowest BCUT2D eigenvalue weighted by atomic mass is 10.1. The number of ether oxygens (including phenoxy) is 3. The van der Waals surface area contributed by atoms with E-state index < -0.39 is 12.0 Å². The van der Waals surface area contributed by atoms with Crippen molar-refractivity contribution in [2.45, 2.75) is 38.8 Å². The summed E-state index contributed by atoms with van der Waals surface area (Å²) >= 11 is 0. The highest BCUT2D eigenvalue weighted by Crippen LogP contribution is 2.38. The van der Waals surface area contributed by atoms with Crippen LogP contribution >= 0.6 is 0 Å². The molecule has 0 bridgehead atoms. The van der Waals surface area contributed by atoms with E-state index in [9.17, 15) is 9.90 Å². The topological polar surface area (TPSA) is 77.0 Å². The molecule has 116 valence electrons. The number of carbonyl (C=O) groups is 1. The van der Waals surface area contributed by atoms with E-state index in [2.05, 4.69) is 5.32 Å². The minimum atomic E-state index is -0.830. The molecule has 6 heteroatoms. The van der Waals surface area contributed by atoms with Gasteiger partial charge in [0.2, 0.25) is 6.79 Å². The third-order valence-electron chi connectivity index (χ3n) is 3.46. The van der Waals surface area contributed by atoms with Gasteiger partial charge in [0.1, 0.15) is 11.8 Å². The van der Waals surface area contributed by atoms with Crippen molar-refractivity contribution in [3.8, 4) is 17.2 Å². The predicted molar refractivity (Wildman–Crippen MR) is 76.9 cm³/mol. The van der Waals surface area contributed by atoms with E-state index in [-0.39, 0.29) is 6.79 Å². The number of unbranched alkanes of at least 4 members (excludes halogenated alkanes) is 1. The monoisotopic (exact) mass is 295 g/mol. The number of methoxy groups -OCH3 is 1. The van der Waals surface area contributed by atoms with Gasteiger partial charge in [0.25, 0.3) is 0 Å². The second kappa shape index (κ2) is 7.17. The van der Waals surface area contributed by atoms with Gasteiger partial charge in [-0.15, -0.1) is 0 Å². The van der Waals surface area contributed by atoms with Crippen molar-refractivity contribution >= 4 is 5.97 Å². The normalized spacial score (nSPS) is 14.0. The molecule has 0 amide bonds. The molecule has 0 aliphatic carbocycles. The average molecular weight is 295 g/mol. The number of carboxylic acid groups (broad SMARTS) is 1. The molecule has 1 aliphatic heterocycles. The van der Waals surface area contributed by atoms with Crippen molar-refractivity contribution in [1.82, 2.24) is 5.32 Å². The molecule has 1 aromatic rings. The van der Waals surface area contributed by atoms with Crippen LogP contribution in [-0.2, 0) is 11.3 Å². The Morgan fingerprint density at radius 3 is 2.76 bits per heavy atom. The zero-order valence-corrected chi connectivity index (χ0v) is 12.3. The highest BCUT2D eigenvalue weighted by atomic mass is 16.7. The molecule has 0 saturated carbocycles. The Hall–Kier alpha value is -1.95. The Kier molecular flexibility index (Phi) is 5.27. The van der Waals surface area contributed by atoms with Crippen molar-refractivity contribution in [1.29, 1.82) is 0 Å². The first-order valence-electron chi connectivity index (χ1n) is 7.08. The molecule has 1 heterocycles. The first-order chi connectivity index (χ1) is 10.2. The van der Waals surface area contributed by atoms with Gasteiger partial charge < -0.3 is 24.6 Å². The zero-order valence-electron chi connectivity index (χ0n) is 12.3. The van der Waals surface area contributed by atoms with Crippen molar-refractivity contribution in [3.05, 3.63) is 17.7 Å².